The average Bonchev–Trinajstić information content (AvgIpc) is 2.77. The zero-order chi connectivity index (χ0) is 23.8. The van der Waals surface area contributed by atoms with Gasteiger partial charge in [-0.15, -0.1) is 0 Å². The largest absolute Gasteiger partial charge is 0.368 e. The second-order valence-corrected chi connectivity index (χ2v) is 7.76. The van der Waals surface area contributed by atoms with Gasteiger partial charge >= 0.3 is 0 Å². The Labute approximate surface area is 188 Å². The summed E-state index contributed by atoms with van der Waals surface area (Å²) in [5.41, 5.74) is -0.357. The lowest BCUT2D eigenvalue weighted by Gasteiger charge is -2.13. The highest BCUT2D eigenvalue weighted by Gasteiger charge is 2.15. The zero-order valence-corrected chi connectivity index (χ0v) is 18.1. The van der Waals surface area contributed by atoms with Gasteiger partial charge in [0, 0.05) is 37.4 Å². The van der Waals surface area contributed by atoms with Crippen molar-refractivity contribution in [3.05, 3.63) is 64.5 Å². The molecule has 174 valence electrons. The van der Waals surface area contributed by atoms with E-state index in [1.54, 1.807) is 19.1 Å². The second-order valence-electron chi connectivity index (χ2n) is 7.76. The first-order valence-electron chi connectivity index (χ1n) is 10.6. The third kappa shape index (κ3) is 6.83. The number of anilines is 2. The Bertz CT molecular complexity index is 1200. The van der Waals surface area contributed by atoms with Crippen molar-refractivity contribution in [3.63, 3.8) is 0 Å². The summed E-state index contributed by atoms with van der Waals surface area (Å²) in [5, 5.41) is 16.1. The fourth-order valence-corrected chi connectivity index (χ4v) is 3.34. The van der Waals surface area contributed by atoms with Crippen LogP contribution in [0.5, 0.6) is 0 Å². The molecule has 1 atom stereocenters. The van der Waals surface area contributed by atoms with Crippen LogP contribution in [0.4, 0.5) is 20.3 Å². The summed E-state index contributed by atoms with van der Waals surface area (Å²) in [4.78, 5) is 36.0. The van der Waals surface area contributed by atoms with Gasteiger partial charge in [0.2, 0.25) is 11.8 Å². The van der Waals surface area contributed by atoms with E-state index in [1.807, 2.05) is 12.1 Å². The molecule has 0 aliphatic rings. The van der Waals surface area contributed by atoms with E-state index in [0.29, 0.717) is 36.8 Å². The summed E-state index contributed by atoms with van der Waals surface area (Å²) >= 11 is 0. The SMILES string of the molecule is CC(CC(=O)NCCCNc1n[nH]c(=O)c2ccccc12)CC(=O)Nc1ccc(F)cc1F. The van der Waals surface area contributed by atoms with Crippen molar-refractivity contribution in [3.8, 4) is 0 Å². The molecule has 1 heterocycles. The highest BCUT2D eigenvalue weighted by molar-refractivity contribution is 5.91. The minimum absolute atomic E-state index is 0.0245. The predicted molar refractivity (Wildman–Crippen MR) is 122 cm³/mol. The van der Waals surface area contributed by atoms with E-state index in [4.69, 9.17) is 0 Å². The van der Waals surface area contributed by atoms with Crippen molar-refractivity contribution >= 4 is 34.1 Å². The number of hydrogen-bond acceptors (Lipinski definition) is 5. The fourth-order valence-electron chi connectivity index (χ4n) is 3.34. The topological polar surface area (TPSA) is 116 Å². The molecule has 1 aromatic heterocycles. The molecule has 10 heteroatoms. The molecule has 2 aromatic carbocycles. The Balaban J connectivity index is 1.36. The number of halogens is 2. The van der Waals surface area contributed by atoms with Crippen molar-refractivity contribution in [1.82, 2.24) is 15.5 Å². The molecule has 0 spiro atoms. The molecule has 0 aliphatic carbocycles. The van der Waals surface area contributed by atoms with Crippen LogP contribution in [0.15, 0.2) is 47.3 Å². The second kappa shape index (κ2) is 11.2. The van der Waals surface area contributed by atoms with Gasteiger partial charge in [0.15, 0.2) is 5.82 Å². The molecule has 3 aromatic rings. The van der Waals surface area contributed by atoms with E-state index in [9.17, 15) is 23.2 Å². The number of carbonyl (C=O) groups excluding carboxylic acids is 2. The molecule has 0 fully saturated rings. The van der Waals surface area contributed by atoms with E-state index in [0.717, 1.165) is 17.5 Å². The molecule has 0 radical (unpaired) electrons. The number of nitrogens with one attached hydrogen (secondary N) is 4. The van der Waals surface area contributed by atoms with Crippen LogP contribution >= 0.6 is 0 Å². The molecule has 0 bridgehead atoms. The summed E-state index contributed by atoms with van der Waals surface area (Å²) in [6, 6.07) is 10.0. The van der Waals surface area contributed by atoms with Crippen LogP contribution in [0.25, 0.3) is 10.8 Å². The summed E-state index contributed by atoms with van der Waals surface area (Å²) in [6.45, 7) is 2.70. The molecule has 0 saturated carbocycles. The predicted octanol–water partition coefficient (Wildman–Crippen LogP) is 3.17. The van der Waals surface area contributed by atoms with Gasteiger partial charge in [0.1, 0.15) is 11.6 Å². The van der Waals surface area contributed by atoms with Crippen LogP contribution in [-0.2, 0) is 9.59 Å². The van der Waals surface area contributed by atoms with Crippen LogP contribution < -0.4 is 21.5 Å². The van der Waals surface area contributed by atoms with Crippen LogP contribution in [0, 0.1) is 17.6 Å². The van der Waals surface area contributed by atoms with Gasteiger partial charge in [-0.3, -0.25) is 14.4 Å². The number of nitrogens with zero attached hydrogens (tertiary/aromatic N) is 1. The number of carbonyl (C=O) groups is 2. The molecular formula is C23H25F2N5O3. The van der Waals surface area contributed by atoms with E-state index >= 15 is 0 Å². The standard InChI is InChI=1S/C23H25F2N5O3/c1-14(12-21(32)28-19-8-7-15(24)13-18(19)25)11-20(31)26-9-4-10-27-22-16-5-2-3-6-17(16)23(33)30-29-22/h2-3,5-8,13-14H,4,9-12H2,1H3,(H,26,31)(H,27,29)(H,28,32)(H,30,33). The first kappa shape index (κ1) is 23.8. The fraction of sp³-hybridized carbons (Fsp3) is 0.304. The van der Waals surface area contributed by atoms with E-state index in [-0.39, 0.29) is 35.9 Å². The Hall–Kier alpha value is -3.82. The lowest BCUT2D eigenvalue weighted by Crippen LogP contribution is -2.28. The maximum Gasteiger partial charge on any atom is 0.272 e. The highest BCUT2D eigenvalue weighted by atomic mass is 19.1. The van der Waals surface area contributed by atoms with Crippen molar-refractivity contribution in [1.29, 1.82) is 0 Å². The summed E-state index contributed by atoms with van der Waals surface area (Å²) < 4.78 is 26.6. The van der Waals surface area contributed by atoms with Crippen molar-refractivity contribution in [2.45, 2.75) is 26.2 Å². The Morgan fingerprint density at radius 3 is 2.52 bits per heavy atom. The number of aromatic amines is 1. The van der Waals surface area contributed by atoms with E-state index in [2.05, 4.69) is 26.1 Å². The normalized spacial score (nSPS) is 11.7. The summed E-state index contributed by atoms with van der Waals surface area (Å²) in [7, 11) is 0. The zero-order valence-electron chi connectivity index (χ0n) is 18.1. The van der Waals surface area contributed by atoms with Gasteiger partial charge in [0.25, 0.3) is 5.56 Å². The minimum Gasteiger partial charge on any atom is -0.368 e. The van der Waals surface area contributed by atoms with E-state index in [1.165, 1.54) is 0 Å². The lowest BCUT2D eigenvalue weighted by atomic mass is 10.0. The Morgan fingerprint density at radius 1 is 1.03 bits per heavy atom. The van der Waals surface area contributed by atoms with E-state index < -0.39 is 17.5 Å². The number of H-pyrrole nitrogens is 1. The lowest BCUT2D eigenvalue weighted by molar-refractivity contribution is -0.122. The summed E-state index contributed by atoms with van der Waals surface area (Å²) in [5.74, 6) is -1.93. The van der Waals surface area contributed by atoms with Crippen molar-refractivity contribution < 1.29 is 18.4 Å². The maximum atomic E-state index is 13.6. The van der Waals surface area contributed by atoms with Crippen LogP contribution in [-0.4, -0.2) is 35.1 Å². The third-order valence-corrected chi connectivity index (χ3v) is 4.94. The molecule has 0 aliphatic heterocycles. The van der Waals surface area contributed by atoms with Crippen LogP contribution in [0.2, 0.25) is 0 Å². The minimum atomic E-state index is -0.854. The van der Waals surface area contributed by atoms with Gasteiger partial charge < -0.3 is 16.0 Å². The Morgan fingerprint density at radius 2 is 1.76 bits per heavy atom. The molecule has 2 amide bonds. The number of rotatable bonds is 10. The van der Waals surface area contributed by atoms with Gasteiger partial charge in [0.05, 0.1) is 11.1 Å². The molecule has 0 saturated heterocycles. The number of amides is 2. The smallest absolute Gasteiger partial charge is 0.272 e. The van der Waals surface area contributed by atoms with Gasteiger partial charge in [-0.2, -0.15) is 5.10 Å². The number of benzene rings is 2. The average molecular weight is 457 g/mol. The molecule has 8 nitrogen and oxygen atoms in total. The first-order chi connectivity index (χ1) is 15.8. The maximum absolute atomic E-state index is 13.6. The molecule has 3 rings (SSSR count). The Kier molecular flexibility index (Phi) is 8.06. The molecular weight excluding hydrogens is 432 g/mol. The van der Waals surface area contributed by atoms with Crippen LogP contribution in [0.3, 0.4) is 0 Å². The van der Waals surface area contributed by atoms with Crippen molar-refractivity contribution in [2.75, 3.05) is 23.7 Å². The van der Waals surface area contributed by atoms with Crippen LogP contribution in [0.1, 0.15) is 26.2 Å². The monoisotopic (exact) mass is 457 g/mol. The quantitative estimate of drug-likeness (QED) is 0.349. The third-order valence-electron chi connectivity index (χ3n) is 4.94. The number of aromatic nitrogens is 2. The number of fused-ring (bicyclic) bond motifs is 1. The molecule has 33 heavy (non-hydrogen) atoms. The van der Waals surface area contributed by atoms with Gasteiger partial charge in [-0.25, -0.2) is 13.9 Å². The summed E-state index contributed by atoms with van der Waals surface area (Å²) in [6.07, 6.45) is 0.787. The molecule has 1 unspecified atom stereocenters. The first-order valence-corrected chi connectivity index (χ1v) is 10.6. The highest BCUT2D eigenvalue weighted by Crippen LogP contribution is 2.17. The van der Waals surface area contributed by atoms with Crippen molar-refractivity contribution in [2.24, 2.45) is 5.92 Å². The van der Waals surface area contributed by atoms with Gasteiger partial charge in [-0.1, -0.05) is 25.1 Å². The number of hydrogen-bond donors (Lipinski definition) is 4. The van der Waals surface area contributed by atoms with Gasteiger partial charge in [-0.05, 0) is 30.5 Å². The molecule has 4 N–H and O–H groups in total.